The van der Waals surface area contributed by atoms with Gasteiger partial charge in [0.05, 0.1) is 6.33 Å². The maximum absolute atomic E-state index is 12.7. The number of likely N-dealkylation sites (tertiary alicyclic amines) is 1. The van der Waals surface area contributed by atoms with E-state index in [1.807, 2.05) is 0 Å². The van der Waals surface area contributed by atoms with Crippen LogP contribution in [0.25, 0.3) is 11.2 Å². The molecule has 2 aromatic heterocycles. The van der Waals surface area contributed by atoms with Crippen molar-refractivity contribution in [3.8, 4) is 0 Å². The lowest BCUT2D eigenvalue weighted by molar-refractivity contribution is -0.131. The minimum atomic E-state index is -0.527. The Kier molecular flexibility index (Phi) is 4.70. The molecule has 2 aromatic rings. The van der Waals surface area contributed by atoms with E-state index < -0.39 is 11.2 Å². The zero-order valence-corrected chi connectivity index (χ0v) is 15.6. The second-order valence-corrected chi connectivity index (χ2v) is 7.22. The Morgan fingerprint density at radius 3 is 2.69 bits per heavy atom. The highest BCUT2D eigenvalue weighted by molar-refractivity contribution is 5.85. The molecule has 1 aliphatic heterocycles. The highest BCUT2D eigenvalue weighted by Crippen LogP contribution is 2.37. The lowest BCUT2D eigenvalue weighted by Crippen LogP contribution is -2.44. The Bertz CT molecular complexity index is 977. The molecule has 2 aliphatic rings. The molecule has 0 aromatic carbocycles. The van der Waals surface area contributed by atoms with Crippen molar-refractivity contribution in [2.45, 2.75) is 25.4 Å². The summed E-state index contributed by atoms with van der Waals surface area (Å²) in [6.45, 7) is 1.04. The molecule has 0 spiro atoms. The van der Waals surface area contributed by atoms with Gasteiger partial charge in [0, 0.05) is 33.2 Å². The van der Waals surface area contributed by atoms with E-state index >= 15 is 0 Å². The Labute approximate surface area is 155 Å². The van der Waals surface area contributed by atoms with Crippen LogP contribution in [0.2, 0.25) is 0 Å². The number of halogens is 1. The summed E-state index contributed by atoms with van der Waals surface area (Å²) in [5.41, 5.74) is 5.74. The Morgan fingerprint density at radius 1 is 1.27 bits per heavy atom. The molecule has 26 heavy (non-hydrogen) atoms. The zero-order valence-electron chi connectivity index (χ0n) is 14.8. The average Bonchev–Trinajstić information content (AvgIpc) is 3.26. The molecule has 9 nitrogen and oxygen atoms in total. The summed E-state index contributed by atoms with van der Waals surface area (Å²) in [5, 5.41) is 0. The molecule has 1 aliphatic carbocycles. The van der Waals surface area contributed by atoms with Crippen molar-refractivity contribution >= 4 is 29.5 Å². The number of hydrogen-bond acceptors (Lipinski definition) is 5. The molecule has 0 bridgehead atoms. The average molecular weight is 383 g/mol. The van der Waals surface area contributed by atoms with Crippen LogP contribution in [0.15, 0.2) is 15.9 Å². The molecule has 3 atom stereocenters. The van der Waals surface area contributed by atoms with Crippen LogP contribution >= 0.6 is 12.4 Å². The van der Waals surface area contributed by atoms with E-state index in [1.165, 1.54) is 10.9 Å². The number of aromatic nitrogens is 4. The van der Waals surface area contributed by atoms with Crippen LogP contribution in [-0.2, 0) is 25.4 Å². The van der Waals surface area contributed by atoms with Crippen molar-refractivity contribution in [2.75, 3.05) is 13.1 Å². The SMILES string of the molecule is Cl.Cn1cnc2c1c(=O)n(CC(=O)N1CC3CCC(N)C3C1)c(=O)n2C. The lowest BCUT2D eigenvalue weighted by atomic mass is 9.98. The summed E-state index contributed by atoms with van der Waals surface area (Å²) in [7, 11) is 3.24. The zero-order chi connectivity index (χ0) is 17.9. The first-order valence-corrected chi connectivity index (χ1v) is 8.52. The van der Waals surface area contributed by atoms with Gasteiger partial charge in [0.1, 0.15) is 6.54 Å². The van der Waals surface area contributed by atoms with Gasteiger partial charge in [-0.2, -0.15) is 0 Å². The topological polar surface area (TPSA) is 108 Å². The third-order valence-corrected chi connectivity index (χ3v) is 5.76. The lowest BCUT2D eigenvalue weighted by Gasteiger charge is -2.19. The van der Waals surface area contributed by atoms with E-state index in [1.54, 1.807) is 23.6 Å². The van der Waals surface area contributed by atoms with Crippen LogP contribution in [0.1, 0.15) is 12.8 Å². The number of fused-ring (bicyclic) bond motifs is 2. The van der Waals surface area contributed by atoms with E-state index in [2.05, 4.69) is 4.98 Å². The molecule has 142 valence electrons. The molecular formula is C16H23ClN6O3. The fourth-order valence-electron chi connectivity index (χ4n) is 4.28. The second-order valence-electron chi connectivity index (χ2n) is 7.22. The molecule has 2 fully saturated rings. The summed E-state index contributed by atoms with van der Waals surface area (Å²) in [6.07, 6.45) is 3.54. The fraction of sp³-hybridized carbons (Fsp3) is 0.625. The smallest absolute Gasteiger partial charge is 0.332 e. The summed E-state index contributed by atoms with van der Waals surface area (Å²) >= 11 is 0. The third kappa shape index (κ3) is 2.66. The minimum Gasteiger partial charge on any atom is -0.341 e. The molecule has 1 amide bonds. The standard InChI is InChI=1S/C16H22N6O3.ClH/c1-19-8-18-14-13(19)15(24)22(16(25)20(14)2)7-12(23)21-5-9-3-4-11(17)10(9)6-21;/h8-11H,3-7,17H2,1-2H3;1H. The van der Waals surface area contributed by atoms with Gasteiger partial charge in [0.25, 0.3) is 5.56 Å². The van der Waals surface area contributed by atoms with Crippen molar-refractivity contribution in [1.82, 2.24) is 23.6 Å². The number of nitrogens with zero attached hydrogens (tertiary/aromatic N) is 5. The number of hydrogen-bond donors (Lipinski definition) is 1. The highest BCUT2D eigenvalue weighted by Gasteiger charge is 2.42. The largest absolute Gasteiger partial charge is 0.341 e. The Balaban J connectivity index is 0.00000196. The van der Waals surface area contributed by atoms with E-state index in [0.29, 0.717) is 36.1 Å². The summed E-state index contributed by atoms with van der Waals surface area (Å²) in [4.78, 5) is 43.7. The van der Waals surface area contributed by atoms with Crippen LogP contribution in [0.3, 0.4) is 0 Å². The van der Waals surface area contributed by atoms with Gasteiger partial charge in [-0.3, -0.25) is 14.2 Å². The normalized spacial score (nSPS) is 24.7. The highest BCUT2D eigenvalue weighted by atomic mass is 35.5. The number of carbonyl (C=O) groups is 1. The number of rotatable bonds is 2. The molecule has 2 N–H and O–H groups in total. The van der Waals surface area contributed by atoms with Crippen molar-refractivity contribution in [2.24, 2.45) is 31.7 Å². The third-order valence-electron chi connectivity index (χ3n) is 5.76. The summed E-state index contributed by atoms with van der Waals surface area (Å²) < 4.78 is 3.87. The number of imidazole rings is 1. The van der Waals surface area contributed by atoms with Gasteiger partial charge in [-0.15, -0.1) is 12.4 Å². The van der Waals surface area contributed by atoms with Crippen molar-refractivity contribution in [3.63, 3.8) is 0 Å². The van der Waals surface area contributed by atoms with Crippen LogP contribution in [-0.4, -0.2) is 48.6 Å². The number of nitrogens with two attached hydrogens (primary N) is 1. The van der Waals surface area contributed by atoms with Gasteiger partial charge < -0.3 is 15.2 Å². The van der Waals surface area contributed by atoms with E-state index in [0.717, 1.165) is 17.4 Å². The van der Waals surface area contributed by atoms with Gasteiger partial charge in [0.2, 0.25) is 5.91 Å². The molecule has 10 heteroatoms. The summed E-state index contributed by atoms with van der Waals surface area (Å²) in [5.74, 6) is 0.573. The first-order valence-electron chi connectivity index (χ1n) is 8.52. The number of carbonyl (C=O) groups excluding carboxylic acids is 1. The maximum Gasteiger partial charge on any atom is 0.332 e. The number of aryl methyl sites for hydroxylation is 2. The first-order chi connectivity index (χ1) is 11.9. The van der Waals surface area contributed by atoms with Gasteiger partial charge in [-0.1, -0.05) is 0 Å². The monoisotopic (exact) mass is 382 g/mol. The Morgan fingerprint density at radius 2 is 2.00 bits per heavy atom. The Hall–Kier alpha value is -2.13. The minimum absolute atomic E-state index is 0. The molecule has 1 saturated carbocycles. The molecule has 4 rings (SSSR count). The first kappa shape index (κ1) is 18.7. The van der Waals surface area contributed by atoms with Crippen molar-refractivity contribution in [3.05, 3.63) is 27.2 Å². The second kappa shape index (κ2) is 6.55. The van der Waals surface area contributed by atoms with Crippen LogP contribution in [0, 0.1) is 11.8 Å². The van der Waals surface area contributed by atoms with Crippen LogP contribution in [0.4, 0.5) is 0 Å². The molecule has 0 radical (unpaired) electrons. The van der Waals surface area contributed by atoms with Crippen LogP contribution < -0.4 is 17.0 Å². The van der Waals surface area contributed by atoms with Crippen molar-refractivity contribution in [1.29, 1.82) is 0 Å². The van der Waals surface area contributed by atoms with Gasteiger partial charge >= 0.3 is 5.69 Å². The number of amides is 1. The summed E-state index contributed by atoms with van der Waals surface area (Å²) in [6, 6.07) is 0.143. The van der Waals surface area contributed by atoms with Gasteiger partial charge in [0.15, 0.2) is 11.2 Å². The molecular weight excluding hydrogens is 360 g/mol. The van der Waals surface area contributed by atoms with E-state index in [9.17, 15) is 14.4 Å². The van der Waals surface area contributed by atoms with Gasteiger partial charge in [-0.25, -0.2) is 14.3 Å². The fourth-order valence-corrected chi connectivity index (χ4v) is 4.28. The predicted molar refractivity (Wildman–Crippen MR) is 98.2 cm³/mol. The van der Waals surface area contributed by atoms with Gasteiger partial charge in [-0.05, 0) is 24.7 Å². The van der Waals surface area contributed by atoms with E-state index in [4.69, 9.17) is 5.73 Å². The maximum atomic E-state index is 12.7. The van der Waals surface area contributed by atoms with E-state index in [-0.39, 0.29) is 30.9 Å². The van der Waals surface area contributed by atoms with Crippen LogP contribution in [0.5, 0.6) is 0 Å². The van der Waals surface area contributed by atoms with Crippen molar-refractivity contribution < 1.29 is 4.79 Å². The predicted octanol–water partition coefficient (Wildman–Crippen LogP) is -0.949. The molecule has 1 saturated heterocycles. The molecule has 3 heterocycles. The quantitative estimate of drug-likeness (QED) is 0.720. The molecule has 3 unspecified atom stereocenters.